The summed E-state index contributed by atoms with van der Waals surface area (Å²) in [5.74, 6) is -1.62. The molecule has 0 saturated heterocycles. The number of halogens is 1. The van der Waals surface area contributed by atoms with E-state index in [2.05, 4.69) is 14.4 Å². The second-order valence-corrected chi connectivity index (χ2v) is 13.2. The Morgan fingerprint density at radius 2 is 1.89 bits per heavy atom. The average Bonchev–Trinajstić information content (AvgIpc) is 2.71. The average molecular weight is 537 g/mol. The molecular weight excluding hydrogens is 511 g/mol. The van der Waals surface area contributed by atoms with Crippen molar-refractivity contribution in [3.63, 3.8) is 0 Å². The number of benzene rings is 1. The van der Waals surface area contributed by atoms with Crippen LogP contribution in [-0.2, 0) is 26.5 Å². The molecule has 10 nitrogen and oxygen atoms in total. The van der Waals surface area contributed by atoms with Gasteiger partial charge in [-0.25, -0.2) is 12.8 Å². The number of anilines is 2. The third-order valence-electron chi connectivity index (χ3n) is 5.52. The highest BCUT2D eigenvalue weighted by molar-refractivity contribution is 7.92. The van der Waals surface area contributed by atoms with Crippen LogP contribution in [0, 0.1) is 11.2 Å². The van der Waals surface area contributed by atoms with E-state index in [4.69, 9.17) is 0 Å². The summed E-state index contributed by atoms with van der Waals surface area (Å²) in [5, 5.41) is 13.5. The van der Waals surface area contributed by atoms with E-state index in [0.717, 1.165) is 22.9 Å². The summed E-state index contributed by atoms with van der Waals surface area (Å²) >= 11 is 0. The number of aromatic hydroxyl groups is 1. The molecule has 1 aliphatic heterocycles. The third kappa shape index (κ3) is 5.21. The number of pyridine rings is 2. The van der Waals surface area contributed by atoms with Gasteiger partial charge in [0.2, 0.25) is 10.0 Å². The normalized spacial score (nSPS) is 15.2. The summed E-state index contributed by atoms with van der Waals surface area (Å²) in [4.78, 5) is 13.0. The van der Waals surface area contributed by atoms with Gasteiger partial charge in [0.15, 0.2) is 5.84 Å². The zero-order valence-electron chi connectivity index (χ0n) is 20.0. The van der Waals surface area contributed by atoms with Crippen molar-refractivity contribution >= 4 is 42.8 Å². The third-order valence-corrected chi connectivity index (χ3v) is 7.45. The molecule has 3 N–H and O–H groups in total. The molecule has 1 aliphatic rings. The molecular formula is C23H25FN4O6S2. The number of aryl methyl sites for hydroxylation is 1. The Morgan fingerprint density at radius 1 is 1.19 bits per heavy atom. The van der Waals surface area contributed by atoms with E-state index in [0.29, 0.717) is 23.9 Å². The van der Waals surface area contributed by atoms with Crippen LogP contribution in [0.5, 0.6) is 5.75 Å². The van der Waals surface area contributed by atoms with E-state index < -0.39 is 48.6 Å². The van der Waals surface area contributed by atoms with Gasteiger partial charge in [-0.3, -0.25) is 13.9 Å². The minimum absolute atomic E-state index is 0.00663. The van der Waals surface area contributed by atoms with E-state index in [1.54, 1.807) is 0 Å². The van der Waals surface area contributed by atoms with Crippen LogP contribution in [-0.4, -0.2) is 38.4 Å². The number of fused-ring (bicyclic) bond motifs is 2. The lowest BCUT2D eigenvalue weighted by Crippen LogP contribution is -2.30. The molecule has 0 amide bonds. The van der Waals surface area contributed by atoms with Gasteiger partial charge in [-0.15, -0.1) is 4.40 Å². The fourth-order valence-electron chi connectivity index (χ4n) is 3.86. The van der Waals surface area contributed by atoms with Gasteiger partial charge in [-0.2, -0.15) is 8.42 Å². The van der Waals surface area contributed by atoms with E-state index >= 15 is 0 Å². The fourth-order valence-corrected chi connectivity index (χ4v) is 5.57. The monoisotopic (exact) mass is 536 g/mol. The number of aromatic nitrogens is 1. The summed E-state index contributed by atoms with van der Waals surface area (Å²) in [6.45, 7) is 6.09. The second kappa shape index (κ2) is 8.59. The zero-order valence-corrected chi connectivity index (χ0v) is 21.6. The molecule has 0 spiro atoms. The Bertz CT molecular complexity index is 1710. The smallest absolute Gasteiger partial charge is 0.286 e. The Kier molecular flexibility index (Phi) is 6.12. The molecule has 0 radical (unpaired) electrons. The van der Waals surface area contributed by atoms with Crippen molar-refractivity contribution in [1.82, 2.24) is 4.40 Å². The number of sulfonamides is 2. The highest BCUT2D eigenvalue weighted by Gasteiger charge is 2.30. The Labute approximate surface area is 207 Å². The number of hydrogen-bond donors (Lipinski definition) is 3. The minimum Gasteiger partial charge on any atom is -0.507 e. The van der Waals surface area contributed by atoms with Crippen molar-refractivity contribution in [2.24, 2.45) is 9.81 Å². The largest absolute Gasteiger partial charge is 0.507 e. The van der Waals surface area contributed by atoms with Crippen LogP contribution < -0.4 is 15.6 Å². The first kappa shape index (κ1) is 25.6. The van der Waals surface area contributed by atoms with Gasteiger partial charge in [0, 0.05) is 18.0 Å². The maximum Gasteiger partial charge on any atom is 0.286 e. The maximum absolute atomic E-state index is 14.4. The zero-order chi connectivity index (χ0) is 26.6. The summed E-state index contributed by atoms with van der Waals surface area (Å²) in [6.07, 6.45) is 3.04. The first-order valence-corrected chi connectivity index (χ1v) is 14.2. The fraction of sp³-hybridized carbons (Fsp3) is 0.304. The van der Waals surface area contributed by atoms with Crippen molar-refractivity contribution in [3.8, 4) is 5.75 Å². The maximum atomic E-state index is 14.4. The Morgan fingerprint density at radius 3 is 2.53 bits per heavy atom. The lowest BCUT2D eigenvalue weighted by Gasteiger charge is -2.21. The number of nitrogens with zero attached hydrogens (tertiary/aromatic N) is 2. The number of hydrogen-bond acceptors (Lipinski definition) is 7. The lowest BCUT2D eigenvalue weighted by molar-refractivity contribution is 0.378. The molecule has 0 bridgehead atoms. The molecule has 1 aromatic carbocycles. The van der Waals surface area contributed by atoms with Crippen molar-refractivity contribution in [1.29, 1.82) is 0 Å². The lowest BCUT2D eigenvalue weighted by atomic mass is 9.88. The van der Waals surface area contributed by atoms with Gasteiger partial charge < -0.3 is 10.4 Å². The van der Waals surface area contributed by atoms with Crippen LogP contribution in [0.15, 0.2) is 50.6 Å². The summed E-state index contributed by atoms with van der Waals surface area (Å²) in [6, 6.07) is 6.30. The van der Waals surface area contributed by atoms with Crippen LogP contribution in [0.1, 0.15) is 38.3 Å². The van der Waals surface area contributed by atoms with E-state index in [-0.39, 0.29) is 21.7 Å². The van der Waals surface area contributed by atoms with Crippen molar-refractivity contribution in [2.75, 3.05) is 16.3 Å². The molecule has 0 fully saturated rings. The van der Waals surface area contributed by atoms with E-state index in [9.17, 15) is 31.1 Å². The molecule has 192 valence electrons. The van der Waals surface area contributed by atoms with E-state index in [1.165, 1.54) is 24.3 Å². The molecule has 4 rings (SSSR count). The first-order valence-electron chi connectivity index (χ1n) is 10.8. The van der Waals surface area contributed by atoms with Crippen LogP contribution in [0.25, 0.3) is 5.52 Å². The standard InChI is InChI=1S/C23H25FN4O6S2/c1-23(2,3)8-7-13-9-14(24)12-28-17(13)11-18(29)20(22(28)30)21-25-16-6-5-15(26-35(4,31)32)10-19(16)36(33,34)27-21/h5-6,9-12,26,29H,7-8H2,1-4H3,(H,25,27). The summed E-state index contributed by atoms with van der Waals surface area (Å²) in [7, 11) is -8.04. The van der Waals surface area contributed by atoms with Crippen LogP contribution >= 0.6 is 0 Å². The van der Waals surface area contributed by atoms with E-state index in [1.807, 2.05) is 20.8 Å². The van der Waals surface area contributed by atoms with Crippen molar-refractivity contribution < 1.29 is 26.3 Å². The molecule has 0 saturated carbocycles. The van der Waals surface area contributed by atoms with Gasteiger partial charge in [0.25, 0.3) is 15.6 Å². The van der Waals surface area contributed by atoms with Gasteiger partial charge in [0.1, 0.15) is 22.0 Å². The van der Waals surface area contributed by atoms with Gasteiger partial charge in [-0.05, 0) is 48.1 Å². The molecule has 0 aliphatic carbocycles. The highest BCUT2D eigenvalue weighted by atomic mass is 32.2. The van der Waals surface area contributed by atoms with Crippen molar-refractivity contribution in [2.45, 2.75) is 38.5 Å². The number of rotatable bonds is 5. The van der Waals surface area contributed by atoms with Gasteiger partial charge in [0.05, 0.1) is 17.5 Å². The van der Waals surface area contributed by atoms with Crippen molar-refractivity contribution in [3.05, 3.63) is 63.8 Å². The second-order valence-electron chi connectivity index (χ2n) is 9.83. The molecule has 2 aromatic heterocycles. The predicted molar refractivity (Wildman–Crippen MR) is 135 cm³/mol. The molecule has 13 heteroatoms. The number of amidine groups is 1. The predicted octanol–water partition coefficient (Wildman–Crippen LogP) is 3.06. The first-order chi connectivity index (χ1) is 16.5. The quantitative estimate of drug-likeness (QED) is 0.454. The topological polar surface area (TPSA) is 146 Å². The van der Waals surface area contributed by atoms with Crippen LogP contribution in [0.3, 0.4) is 0 Å². The SMILES string of the molecule is CC(C)(C)CCc1cc(F)cn2c(=O)c(C3=NS(=O)(=O)c4cc(NS(C)(=O)=O)ccc4N3)c(O)cc12. The number of nitrogens with one attached hydrogen (secondary N) is 2. The highest BCUT2D eigenvalue weighted by Crippen LogP contribution is 2.33. The summed E-state index contributed by atoms with van der Waals surface area (Å²) in [5.41, 5.74) is -0.520. The van der Waals surface area contributed by atoms with Gasteiger partial charge >= 0.3 is 0 Å². The molecule has 0 unspecified atom stereocenters. The van der Waals surface area contributed by atoms with Crippen LogP contribution in [0.4, 0.5) is 15.8 Å². The minimum atomic E-state index is -4.39. The Balaban J connectivity index is 1.83. The molecule has 3 aromatic rings. The summed E-state index contributed by atoms with van der Waals surface area (Å²) < 4.78 is 70.0. The molecule has 3 heterocycles. The molecule has 0 atom stereocenters. The Hall–Kier alpha value is -3.45. The van der Waals surface area contributed by atoms with Crippen LogP contribution in [0.2, 0.25) is 0 Å². The van der Waals surface area contributed by atoms with Gasteiger partial charge in [-0.1, -0.05) is 20.8 Å². The molecule has 36 heavy (non-hydrogen) atoms.